The van der Waals surface area contributed by atoms with Gasteiger partial charge in [-0.05, 0) is 48.9 Å². The summed E-state index contributed by atoms with van der Waals surface area (Å²) in [5.41, 5.74) is 0.675. The van der Waals surface area contributed by atoms with Gasteiger partial charge in [-0.15, -0.1) is 0 Å². The fraction of sp³-hybridized carbons (Fsp3) is 0.200. The molecule has 0 saturated heterocycles. The zero-order valence-corrected chi connectivity index (χ0v) is 22.6. The van der Waals surface area contributed by atoms with Crippen molar-refractivity contribution < 1.29 is 18.0 Å². The third kappa shape index (κ3) is 6.31. The number of sulfonamides is 1. The molecule has 11 heteroatoms. The lowest BCUT2D eigenvalue weighted by atomic mass is 10.1. The van der Waals surface area contributed by atoms with E-state index in [2.05, 4.69) is 5.32 Å². The molecule has 1 unspecified atom stereocenters. The monoisotopic (exact) mass is 567 g/mol. The molecular weight excluding hydrogens is 545 g/mol. The van der Waals surface area contributed by atoms with E-state index in [4.69, 9.17) is 34.8 Å². The Morgan fingerprint density at radius 3 is 2.17 bits per heavy atom. The molecule has 190 valence electrons. The molecule has 0 radical (unpaired) electrons. The summed E-state index contributed by atoms with van der Waals surface area (Å²) in [6.07, 6.45) is 0. The number of benzene rings is 3. The number of carbonyl (C=O) groups excluding carboxylic acids is 2. The van der Waals surface area contributed by atoms with Gasteiger partial charge in [0, 0.05) is 23.6 Å². The van der Waals surface area contributed by atoms with E-state index in [0.717, 1.165) is 4.31 Å². The first kappa shape index (κ1) is 27.8. The third-order valence-corrected chi connectivity index (χ3v) is 8.18. The second kappa shape index (κ2) is 12.0. The number of anilines is 1. The van der Waals surface area contributed by atoms with Gasteiger partial charge in [-0.2, -0.15) is 0 Å². The lowest BCUT2D eigenvalue weighted by Crippen LogP contribution is -2.50. The van der Waals surface area contributed by atoms with Gasteiger partial charge >= 0.3 is 0 Å². The zero-order chi connectivity index (χ0) is 26.5. The van der Waals surface area contributed by atoms with Crippen molar-refractivity contribution in [1.82, 2.24) is 10.2 Å². The molecule has 3 aromatic carbocycles. The highest BCUT2D eigenvalue weighted by atomic mass is 35.5. The summed E-state index contributed by atoms with van der Waals surface area (Å²) in [7, 11) is -2.76. The predicted octanol–water partition coefficient (Wildman–Crippen LogP) is 5.01. The van der Waals surface area contributed by atoms with Crippen LogP contribution in [-0.2, 0) is 26.2 Å². The molecule has 1 N–H and O–H groups in total. The maximum Gasteiger partial charge on any atom is 0.264 e. The number of halogens is 3. The summed E-state index contributed by atoms with van der Waals surface area (Å²) < 4.78 is 28.2. The molecule has 3 aromatic rings. The second-order valence-corrected chi connectivity index (χ2v) is 10.9. The quantitative estimate of drug-likeness (QED) is 0.393. The molecule has 3 rings (SSSR count). The highest BCUT2D eigenvalue weighted by Gasteiger charge is 2.33. The standard InChI is InChI=1S/C25H24Cl3N3O4S/c1-17(25(33)29-2)30(15-18-8-6-7-11-21(18)27)24(32)16-31(23-13-12-19(26)14-22(23)28)36(34,35)20-9-4-3-5-10-20/h3-14,17H,15-16H2,1-2H3,(H,29,33). The highest BCUT2D eigenvalue weighted by Crippen LogP contribution is 2.33. The average Bonchev–Trinajstić information content (AvgIpc) is 2.86. The van der Waals surface area contributed by atoms with E-state index in [9.17, 15) is 18.0 Å². The van der Waals surface area contributed by atoms with Crippen LogP contribution in [0.25, 0.3) is 0 Å². The number of nitrogens with one attached hydrogen (secondary N) is 1. The Morgan fingerprint density at radius 2 is 1.56 bits per heavy atom. The molecule has 0 heterocycles. The number of carbonyl (C=O) groups is 2. The number of hydrogen-bond acceptors (Lipinski definition) is 4. The van der Waals surface area contributed by atoms with Gasteiger partial charge in [0.05, 0.1) is 15.6 Å². The van der Waals surface area contributed by atoms with Gasteiger partial charge in [0.2, 0.25) is 11.8 Å². The van der Waals surface area contributed by atoms with Crippen molar-refractivity contribution in [2.24, 2.45) is 0 Å². The molecule has 7 nitrogen and oxygen atoms in total. The predicted molar refractivity (Wildman–Crippen MR) is 143 cm³/mol. The Bertz CT molecular complexity index is 1350. The summed E-state index contributed by atoms with van der Waals surface area (Å²) in [5, 5.41) is 3.29. The van der Waals surface area contributed by atoms with Gasteiger partial charge in [-0.25, -0.2) is 8.42 Å². The number of rotatable bonds is 9. The van der Waals surface area contributed by atoms with Crippen LogP contribution >= 0.6 is 34.8 Å². The summed E-state index contributed by atoms with van der Waals surface area (Å²) in [6.45, 7) is 0.921. The van der Waals surface area contributed by atoms with E-state index < -0.39 is 34.4 Å². The van der Waals surface area contributed by atoms with Gasteiger partial charge in [0.15, 0.2) is 0 Å². The van der Waals surface area contributed by atoms with E-state index in [-0.39, 0.29) is 22.2 Å². The first-order valence-corrected chi connectivity index (χ1v) is 13.4. The number of nitrogens with zero attached hydrogens (tertiary/aromatic N) is 2. The molecule has 2 amide bonds. The smallest absolute Gasteiger partial charge is 0.264 e. The number of amides is 2. The molecular formula is C25H24Cl3N3O4S. The summed E-state index contributed by atoms with van der Waals surface area (Å²) >= 11 is 18.7. The SMILES string of the molecule is CNC(=O)C(C)N(Cc1ccccc1Cl)C(=O)CN(c1ccc(Cl)cc1Cl)S(=O)(=O)c1ccccc1. The molecule has 0 aromatic heterocycles. The van der Waals surface area contributed by atoms with Crippen LogP contribution in [0.5, 0.6) is 0 Å². The van der Waals surface area contributed by atoms with Crippen molar-refractivity contribution in [3.8, 4) is 0 Å². The summed E-state index contributed by atoms with van der Waals surface area (Å²) in [5.74, 6) is -1.05. The Kier molecular flexibility index (Phi) is 9.24. The van der Waals surface area contributed by atoms with Crippen molar-refractivity contribution in [2.75, 3.05) is 17.9 Å². The maximum atomic E-state index is 13.7. The molecule has 0 fully saturated rings. The topological polar surface area (TPSA) is 86.8 Å². The molecule has 0 aliphatic rings. The van der Waals surface area contributed by atoms with E-state index in [1.54, 1.807) is 49.4 Å². The minimum atomic E-state index is -4.22. The summed E-state index contributed by atoms with van der Waals surface area (Å²) in [4.78, 5) is 27.4. The minimum Gasteiger partial charge on any atom is -0.357 e. The average molecular weight is 569 g/mol. The van der Waals surface area contributed by atoms with Crippen LogP contribution < -0.4 is 9.62 Å². The number of hydrogen-bond donors (Lipinski definition) is 1. The highest BCUT2D eigenvalue weighted by molar-refractivity contribution is 7.92. The fourth-order valence-electron chi connectivity index (χ4n) is 3.52. The normalized spacial score (nSPS) is 12.0. The Labute approximate surface area is 225 Å². The molecule has 1 atom stereocenters. The van der Waals surface area contributed by atoms with Crippen molar-refractivity contribution in [3.63, 3.8) is 0 Å². The van der Waals surface area contributed by atoms with Crippen molar-refractivity contribution in [2.45, 2.75) is 24.4 Å². The van der Waals surface area contributed by atoms with Crippen LogP contribution in [-0.4, -0.2) is 44.8 Å². The largest absolute Gasteiger partial charge is 0.357 e. The van der Waals surface area contributed by atoms with E-state index in [1.807, 2.05) is 0 Å². The van der Waals surface area contributed by atoms with Crippen molar-refractivity contribution in [3.05, 3.63) is 93.4 Å². The second-order valence-electron chi connectivity index (χ2n) is 7.82. The van der Waals surface area contributed by atoms with Crippen LogP contribution in [0, 0.1) is 0 Å². The molecule has 0 saturated carbocycles. The van der Waals surface area contributed by atoms with Crippen LogP contribution in [0.3, 0.4) is 0 Å². The van der Waals surface area contributed by atoms with Gasteiger partial charge in [0.25, 0.3) is 10.0 Å². The Morgan fingerprint density at radius 1 is 0.917 bits per heavy atom. The van der Waals surface area contributed by atoms with Gasteiger partial charge < -0.3 is 10.2 Å². The Hall–Kier alpha value is -2.78. The van der Waals surface area contributed by atoms with Crippen molar-refractivity contribution in [1.29, 1.82) is 0 Å². The lowest BCUT2D eigenvalue weighted by molar-refractivity contribution is -0.139. The third-order valence-electron chi connectivity index (χ3n) is 5.50. The maximum absolute atomic E-state index is 13.7. The molecule has 0 aliphatic heterocycles. The van der Waals surface area contributed by atoms with Crippen LogP contribution in [0.4, 0.5) is 5.69 Å². The Balaban J connectivity index is 2.07. The first-order valence-electron chi connectivity index (χ1n) is 10.8. The van der Waals surface area contributed by atoms with E-state index in [1.165, 1.54) is 42.3 Å². The van der Waals surface area contributed by atoms with Crippen LogP contribution in [0.15, 0.2) is 77.7 Å². The van der Waals surface area contributed by atoms with Crippen LogP contribution in [0.2, 0.25) is 15.1 Å². The molecule has 36 heavy (non-hydrogen) atoms. The summed E-state index contributed by atoms with van der Waals surface area (Å²) in [6, 6.07) is 18.0. The van der Waals surface area contributed by atoms with Gasteiger partial charge in [-0.3, -0.25) is 13.9 Å². The van der Waals surface area contributed by atoms with E-state index >= 15 is 0 Å². The lowest BCUT2D eigenvalue weighted by Gasteiger charge is -2.32. The zero-order valence-electron chi connectivity index (χ0n) is 19.5. The fourth-order valence-corrected chi connectivity index (χ4v) is 5.73. The van der Waals surface area contributed by atoms with Gasteiger partial charge in [-0.1, -0.05) is 71.2 Å². The van der Waals surface area contributed by atoms with E-state index in [0.29, 0.717) is 15.6 Å². The van der Waals surface area contributed by atoms with Crippen molar-refractivity contribution >= 4 is 62.3 Å². The first-order chi connectivity index (χ1) is 17.1. The van der Waals surface area contributed by atoms with Crippen LogP contribution in [0.1, 0.15) is 12.5 Å². The molecule has 0 spiro atoms. The van der Waals surface area contributed by atoms with Gasteiger partial charge in [0.1, 0.15) is 12.6 Å². The molecule has 0 aliphatic carbocycles. The minimum absolute atomic E-state index is 0.0132. The number of likely N-dealkylation sites (N-methyl/N-ethyl adjacent to an activating group) is 1. The molecule has 0 bridgehead atoms.